The molecule has 0 saturated heterocycles. The number of pyridine rings is 2. The van der Waals surface area contributed by atoms with Gasteiger partial charge in [0.15, 0.2) is 0 Å². The van der Waals surface area contributed by atoms with Gasteiger partial charge in [0.25, 0.3) is 0 Å². The average Bonchev–Trinajstić information content (AvgIpc) is 2.54. The fourth-order valence-electron chi connectivity index (χ4n) is 2.24. The van der Waals surface area contributed by atoms with E-state index in [1.165, 1.54) is 24.5 Å². The van der Waals surface area contributed by atoms with Gasteiger partial charge in [-0.2, -0.15) is 13.2 Å². The van der Waals surface area contributed by atoms with Crippen LogP contribution in [0, 0.1) is 17.7 Å². The van der Waals surface area contributed by atoms with Gasteiger partial charge in [0.2, 0.25) is 0 Å². The van der Waals surface area contributed by atoms with Crippen LogP contribution in [0.2, 0.25) is 0 Å². The number of rotatable bonds is 2. The van der Waals surface area contributed by atoms with Gasteiger partial charge >= 0.3 is 6.18 Å². The molecule has 3 rings (SSSR count). The van der Waals surface area contributed by atoms with E-state index < -0.39 is 34.6 Å². The molecule has 0 amide bonds. The number of aromatic nitrogens is 2. The van der Waals surface area contributed by atoms with Crippen LogP contribution in [0.15, 0.2) is 48.8 Å². The Morgan fingerprint density at radius 2 is 1.46 bits per heavy atom. The normalized spacial score (nSPS) is 11.5. The molecule has 7 heteroatoms. The molecule has 0 spiro atoms. The maximum absolute atomic E-state index is 13.9. The van der Waals surface area contributed by atoms with Crippen molar-refractivity contribution in [3.8, 4) is 22.5 Å². The second kappa shape index (κ2) is 5.99. The first-order chi connectivity index (χ1) is 11.4. The molecule has 0 fully saturated rings. The first kappa shape index (κ1) is 16.0. The Bertz CT molecular complexity index is 890. The molecular weight excluding hydrogens is 327 g/mol. The topological polar surface area (TPSA) is 25.8 Å². The second-order valence-corrected chi connectivity index (χ2v) is 4.84. The molecule has 0 atom stereocenters. The van der Waals surface area contributed by atoms with Crippen molar-refractivity contribution in [2.45, 2.75) is 6.18 Å². The molecule has 1 aromatic carbocycles. The zero-order valence-electron chi connectivity index (χ0n) is 11.9. The van der Waals surface area contributed by atoms with Crippen LogP contribution in [0.3, 0.4) is 0 Å². The van der Waals surface area contributed by atoms with Gasteiger partial charge < -0.3 is 0 Å². The summed E-state index contributed by atoms with van der Waals surface area (Å²) in [6.07, 6.45) is -2.29. The number of nitrogens with zero attached hydrogens (tertiary/aromatic N) is 2. The van der Waals surface area contributed by atoms with Crippen LogP contribution in [0.25, 0.3) is 22.5 Å². The number of hydrogen-bond acceptors (Lipinski definition) is 2. The maximum atomic E-state index is 13.9. The van der Waals surface area contributed by atoms with Gasteiger partial charge in [0.05, 0.1) is 5.56 Å². The van der Waals surface area contributed by atoms with Crippen molar-refractivity contribution in [1.82, 2.24) is 9.97 Å². The molecule has 2 aromatic heterocycles. The molecule has 0 N–H and O–H groups in total. The van der Waals surface area contributed by atoms with Crippen molar-refractivity contribution in [3.05, 3.63) is 72.1 Å². The third-order valence-corrected chi connectivity index (χ3v) is 3.27. The van der Waals surface area contributed by atoms with E-state index in [9.17, 15) is 22.0 Å². The van der Waals surface area contributed by atoms with Crippen LogP contribution in [-0.4, -0.2) is 9.97 Å². The number of alkyl halides is 3. The first-order valence-electron chi connectivity index (χ1n) is 6.72. The Morgan fingerprint density at radius 1 is 0.875 bits per heavy atom. The average molecular weight is 335 g/mol. The van der Waals surface area contributed by atoms with E-state index in [0.29, 0.717) is 0 Å². The summed E-state index contributed by atoms with van der Waals surface area (Å²) in [7, 11) is 0. The monoisotopic (exact) mass is 335 g/mol. The highest BCUT2D eigenvalue weighted by atomic mass is 19.4. The summed E-state index contributed by atoms with van der Waals surface area (Å²) >= 11 is 0. The largest absolute Gasteiger partial charge is 0.417 e. The van der Waals surface area contributed by atoms with Gasteiger partial charge in [-0.15, -0.1) is 0 Å². The molecule has 0 aliphatic heterocycles. The smallest absolute Gasteiger partial charge is 0.253 e. The van der Waals surface area contributed by atoms with Gasteiger partial charge in [-0.25, -0.2) is 8.78 Å². The summed E-state index contributed by atoms with van der Waals surface area (Å²) in [5, 5.41) is 0. The third-order valence-electron chi connectivity index (χ3n) is 3.27. The number of hydrogen-bond donors (Lipinski definition) is 0. The summed E-state index contributed by atoms with van der Waals surface area (Å²) in [6.45, 7) is 0. The van der Waals surface area contributed by atoms with Crippen molar-refractivity contribution >= 4 is 0 Å². The SMILES string of the molecule is Fc1cccnc1-c1c[c]c(C(F)(F)F)c(-c2ncccc2F)c1. The zero-order valence-corrected chi connectivity index (χ0v) is 11.9. The summed E-state index contributed by atoms with van der Waals surface area (Å²) < 4.78 is 67.4. The second-order valence-electron chi connectivity index (χ2n) is 4.84. The van der Waals surface area contributed by atoms with E-state index in [0.717, 1.165) is 24.3 Å². The zero-order chi connectivity index (χ0) is 17.3. The van der Waals surface area contributed by atoms with Gasteiger partial charge in [-0.1, -0.05) is 0 Å². The molecule has 0 bridgehead atoms. The molecule has 3 aromatic rings. The van der Waals surface area contributed by atoms with E-state index >= 15 is 0 Å². The molecule has 2 nitrogen and oxygen atoms in total. The summed E-state index contributed by atoms with van der Waals surface area (Å²) in [4.78, 5) is 7.48. The highest BCUT2D eigenvalue weighted by Gasteiger charge is 2.35. The predicted octanol–water partition coefficient (Wildman–Crippen LogP) is 4.91. The molecular formula is C17H8F5N2. The summed E-state index contributed by atoms with van der Waals surface area (Å²) in [6, 6.07) is 8.78. The van der Waals surface area contributed by atoms with Crippen molar-refractivity contribution in [3.63, 3.8) is 0 Å². The number of halogens is 5. The molecule has 0 aliphatic carbocycles. The predicted molar refractivity (Wildman–Crippen MR) is 76.7 cm³/mol. The van der Waals surface area contributed by atoms with Gasteiger partial charge in [0.1, 0.15) is 23.0 Å². The lowest BCUT2D eigenvalue weighted by Crippen LogP contribution is -2.09. The third kappa shape index (κ3) is 2.97. The highest BCUT2D eigenvalue weighted by Crippen LogP contribution is 2.39. The summed E-state index contributed by atoms with van der Waals surface area (Å²) in [5.74, 6) is -1.63. The molecule has 121 valence electrons. The maximum Gasteiger partial charge on any atom is 0.417 e. The Hall–Kier alpha value is -2.83. The van der Waals surface area contributed by atoms with E-state index in [-0.39, 0.29) is 11.3 Å². The van der Waals surface area contributed by atoms with Crippen molar-refractivity contribution < 1.29 is 22.0 Å². The van der Waals surface area contributed by atoms with Crippen LogP contribution in [-0.2, 0) is 6.18 Å². The standard InChI is InChI=1S/C17H8F5N2/c18-13-3-1-7-23-15(13)10-5-6-12(17(20,21)22)11(9-10)16-14(19)4-2-8-24-16/h1-5,7-9H. The fraction of sp³-hybridized carbons (Fsp3) is 0.0588. The fourth-order valence-corrected chi connectivity index (χ4v) is 2.24. The van der Waals surface area contributed by atoms with Crippen molar-refractivity contribution in [1.29, 1.82) is 0 Å². The minimum Gasteiger partial charge on any atom is -0.253 e. The van der Waals surface area contributed by atoms with Gasteiger partial charge in [0, 0.05) is 23.5 Å². The molecule has 0 saturated carbocycles. The molecule has 24 heavy (non-hydrogen) atoms. The van der Waals surface area contributed by atoms with E-state index in [2.05, 4.69) is 16.0 Å². The summed E-state index contributed by atoms with van der Waals surface area (Å²) in [5.41, 5.74) is -2.30. The van der Waals surface area contributed by atoms with Gasteiger partial charge in [-0.3, -0.25) is 9.97 Å². The highest BCUT2D eigenvalue weighted by molar-refractivity contribution is 5.73. The van der Waals surface area contributed by atoms with Crippen molar-refractivity contribution in [2.24, 2.45) is 0 Å². The molecule has 0 unspecified atom stereocenters. The van der Waals surface area contributed by atoms with Gasteiger partial charge in [-0.05, 0) is 42.5 Å². The first-order valence-corrected chi connectivity index (χ1v) is 6.72. The van der Waals surface area contributed by atoms with Crippen LogP contribution in [0.1, 0.15) is 5.56 Å². The van der Waals surface area contributed by atoms with E-state index in [1.54, 1.807) is 0 Å². The Morgan fingerprint density at radius 3 is 2.00 bits per heavy atom. The quantitative estimate of drug-likeness (QED) is 0.622. The molecule has 0 aliphatic rings. The minimum atomic E-state index is -4.76. The lowest BCUT2D eigenvalue weighted by atomic mass is 9.98. The minimum absolute atomic E-state index is 0.0427. The van der Waals surface area contributed by atoms with E-state index in [1.807, 2.05) is 0 Å². The Balaban J connectivity index is 2.27. The van der Waals surface area contributed by atoms with Crippen LogP contribution < -0.4 is 0 Å². The Kier molecular flexibility index (Phi) is 4.01. The van der Waals surface area contributed by atoms with Crippen molar-refractivity contribution in [2.75, 3.05) is 0 Å². The number of benzene rings is 1. The van der Waals surface area contributed by atoms with Crippen LogP contribution in [0.5, 0.6) is 0 Å². The lowest BCUT2D eigenvalue weighted by molar-refractivity contribution is -0.137. The van der Waals surface area contributed by atoms with Crippen LogP contribution >= 0.6 is 0 Å². The van der Waals surface area contributed by atoms with E-state index in [4.69, 9.17) is 0 Å². The lowest BCUT2D eigenvalue weighted by Gasteiger charge is -2.14. The molecule has 1 radical (unpaired) electrons. The Labute approximate surface area is 133 Å². The van der Waals surface area contributed by atoms with Crippen LogP contribution in [0.4, 0.5) is 22.0 Å². The molecule has 2 heterocycles.